The van der Waals surface area contributed by atoms with Crippen LogP contribution in [0.1, 0.15) is 26.7 Å². The highest BCUT2D eigenvalue weighted by Crippen LogP contribution is 2.26. The van der Waals surface area contributed by atoms with Crippen LogP contribution in [0.15, 0.2) is 41.1 Å². The van der Waals surface area contributed by atoms with Crippen molar-refractivity contribution in [1.82, 2.24) is 20.4 Å². The van der Waals surface area contributed by atoms with E-state index in [4.69, 9.17) is 25.6 Å². The summed E-state index contributed by atoms with van der Waals surface area (Å²) >= 11 is 5.68. The van der Waals surface area contributed by atoms with Crippen LogP contribution in [0.4, 0.5) is 9.18 Å². The number of rotatable bonds is 7. The smallest absolute Gasteiger partial charge is 0.407 e. The van der Waals surface area contributed by atoms with Gasteiger partial charge in [-0.25, -0.2) is 14.2 Å². The topological polar surface area (TPSA) is 120 Å². The van der Waals surface area contributed by atoms with Crippen LogP contribution in [-0.4, -0.2) is 44.6 Å². The molecule has 1 amide bonds. The first-order chi connectivity index (χ1) is 15.1. The summed E-state index contributed by atoms with van der Waals surface area (Å²) in [6, 6.07) is 6.98. The minimum Gasteiger partial charge on any atom is -0.444 e. The summed E-state index contributed by atoms with van der Waals surface area (Å²) in [5, 5.41) is 16.2. The van der Waals surface area contributed by atoms with Crippen molar-refractivity contribution in [2.45, 2.75) is 38.8 Å². The summed E-state index contributed by atoms with van der Waals surface area (Å²) in [5.41, 5.74) is -0.0370. The van der Waals surface area contributed by atoms with Crippen molar-refractivity contribution in [1.29, 1.82) is 0 Å². The van der Waals surface area contributed by atoms with Gasteiger partial charge >= 0.3 is 6.09 Å². The van der Waals surface area contributed by atoms with Crippen molar-refractivity contribution < 1.29 is 28.3 Å². The maximum absolute atomic E-state index is 13.8. The van der Waals surface area contributed by atoms with Crippen molar-refractivity contribution in [3.8, 4) is 23.0 Å². The quantitative estimate of drug-likeness (QED) is 0.535. The van der Waals surface area contributed by atoms with Gasteiger partial charge in [0, 0.05) is 18.2 Å². The second kappa shape index (κ2) is 9.92. The van der Waals surface area contributed by atoms with Crippen molar-refractivity contribution in [2.75, 3.05) is 6.61 Å². The number of hydrogen-bond donors (Lipinski definition) is 2. The highest BCUT2D eigenvalue weighted by atomic mass is 35.5. The van der Waals surface area contributed by atoms with Crippen LogP contribution >= 0.6 is 11.6 Å². The maximum Gasteiger partial charge on any atom is 0.407 e. The molecule has 32 heavy (non-hydrogen) atoms. The van der Waals surface area contributed by atoms with E-state index < -0.39 is 23.6 Å². The summed E-state index contributed by atoms with van der Waals surface area (Å²) < 4.78 is 29.6. The van der Waals surface area contributed by atoms with Gasteiger partial charge < -0.3 is 24.4 Å². The molecule has 1 atom stereocenters. The number of halogens is 2. The number of aliphatic hydroxyl groups excluding tert-OH is 1. The molecule has 0 aliphatic heterocycles. The lowest BCUT2D eigenvalue weighted by Gasteiger charge is -2.22. The first kappa shape index (κ1) is 23.4. The number of ether oxygens (including phenoxy) is 2. The molecule has 170 valence electrons. The molecule has 11 heteroatoms. The molecule has 0 radical (unpaired) electrons. The number of aromatic nitrogens is 3. The Morgan fingerprint density at radius 3 is 2.66 bits per heavy atom. The molecule has 2 heterocycles. The van der Waals surface area contributed by atoms with Crippen molar-refractivity contribution in [3.05, 3.63) is 53.3 Å². The van der Waals surface area contributed by atoms with Gasteiger partial charge in [-0.05, 0) is 51.1 Å². The van der Waals surface area contributed by atoms with E-state index in [1.54, 1.807) is 45.0 Å². The molecule has 0 bridgehead atoms. The lowest BCUT2D eigenvalue weighted by atomic mass is 10.2. The fourth-order valence-corrected chi connectivity index (χ4v) is 2.71. The number of pyridine rings is 1. The monoisotopic (exact) mass is 464 g/mol. The van der Waals surface area contributed by atoms with Crippen molar-refractivity contribution in [3.63, 3.8) is 0 Å². The fraction of sp³-hybridized carbons (Fsp3) is 0.333. The molecule has 0 unspecified atom stereocenters. The lowest BCUT2D eigenvalue weighted by Crippen LogP contribution is -2.42. The number of hydrogen-bond acceptors (Lipinski definition) is 8. The van der Waals surface area contributed by atoms with Gasteiger partial charge in [0.05, 0.1) is 17.7 Å². The summed E-state index contributed by atoms with van der Waals surface area (Å²) in [4.78, 5) is 20.0. The molecule has 0 saturated carbocycles. The number of nitrogens with zero attached hydrogens (tertiary/aromatic N) is 3. The second-order valence-corrected chi connectivity index (χ2v) is 8.24. The van der Waals surface area contributed by atoms with E-state index >= 15 is 0 Å². The SMILES string of the molecule is CC(C)(C)OC(=O)N[C@@H](CO)Cc1nc(-c2ccc(Oc3ncc(Cl)cc3F)cc2)no1. The molecule has 3 aromatic rings. The van der Waals surface area contributed by atoms with Crippen LogP contribution < -0.4 is 10.1 Å². The van der Waals surface area contributed by atoms with Gasteiger partial charge in [-0.2, -0.15) is 4.98 Å². The zero-order valence-electron chi connectivity index (χ0n) is 17.6. The van der Waals surface area contributed by atoms with Crippen LogP contribution in [0.25, 0.3) is 11.4 Å². The van der Waals surface area contributed by atoms with Crippen molar-refractivity contribution in [2.24, 2.45) is 0 Å². The number of aliphatic hydroxyl groups is 1. The molecule has 0 saturated heterocycles. The van der Waals surface area contributed by atoms with Crippen molar-refractivity contribution >= 4 is 17.7 Å². The Kier molecular flexibility index (Phi) is 7.26. The largest absolute Gasteiger partial charge is 0.444 e. The predicted octanol–water partition coefficient (Wildman–Crippen LogP) is 4.14. The van der Waals surface area contributed by atoms with Gasteiger partial charge in [-0.3, -0.25) is 0 Å². The predicted molar refractivity (Wildman–Crippen MR) is 113 cm³/mol. The Hall–Kier alpha value is -3.24. The van der Waals surface area contributed by atoms with E-state index in [9.17, 15) is 14.3 Å². The first-order valence-corrected chi connectivity index (χ1v) is 10.0. The average molecular weight is 465 g/mol. The van der Waals surface area contributed by atoms with E-state index in [0.717, 1.165) is 6.07 Å². The summed E-state index contributed by atoms with van der Waals surface area (Å²) in [6.45, 7) is 4.88. The maximum atomic E-state index is 13.8. The Morgan fingerprint density at radius 2 is 2.03 bits per heavy atom. The van der Waals surface area contributed by atoms with Gasteiger partial charge in [0.2, 0.25) is 11.7 Å². The van der Waals surface area contributed by atoms with Crippen LogP contribution in [0.2, 0.25) is 5.02 Å². The van der Waals surface area contributed by atoms with E-state index in [0.29, 0.717) is 17.1 Å². The minimum absolute atomic E-state index is 0.117. The third-order valence-corrected chi connectivity index (χ3v) is 4.14. The standard InChI is InChI=1S/C21H22ClFN4O5/c1-21(2,3)31-20(29)25-14(11-28)9-17-26-18(27-32-17)12-4-6-15(7-5-12)30-19-16(23)8-13(22)10-24-19/h4-8,10,14,28H,9,11H2,1-3H3,(H,25,29)/t14-/m1/s1. The van der Waals surface area contributed by atoms with Crippen LogP contribution in [-0.2, 0) is 11.2 Å². The summed E-state index contributed by atoms with van der Waals surface area (Å²) in [5.74, 6) is 0.00613. The van der Waals surface area contributed by atoms with E-state index in [1.165, 1.54) is 6.20 Å². The molecule has 1 aromatic carbocycles. The van der Waals surface area contributed by atoms with E-state index in [-0.39, 0.29) is 29.8 Å². The Labute approximate surface area is 188 Å². The zero-order valence-corrected chi connectivity index (χ0v) is 18.4. The van der Waals surface area contributed by atoms with E-state index in [2.05, 4.69) is 20.4 Å². The third kappa shape index (κ3) is 6.63. The molecule has 2 N–H and O–H groups in total. The normalized spacial score (nSPS) is 12.3. The zero-order chi connectivity index (χ0) is 23.3. The number of amides is 1. The van der Waals surface area contributed by atoms with Crippen LogP contribution in [0.5, 0.6) is 11.6 Å². The fourth-order valence-electron chi connectivity index (χ4n) is 2.56. The number of benzene rings is 1. The average Bonchev–Trinajstić information content (AvgIpc) is 3.17. The molecule has 3 rings (SSSR count). The van der Waals surface area contributed by atoms with Crippen LogP contribution in [0, 0.1) is 5.82 Å². The van der Waals surface area contributed by atoms with Gasteiger partial charge in [0.15, 0.2) is 5.82 Å². The third-order valence-electron chi connectivity index (χ3n) is 3.93. The van der Waals surface area contributed by atoms with Gasteiger partial charge in [0.25, 0.3) is 5.88 Å². The molecule has 0 fully saturated rings. The molecule has 2 aromatic heterocycles. The van der Waals surface area contributed by atoms with E-state index in [1.807, 2.05) is 0 Å². The minimum atomic E-state index is -0.678. The number of carbonyl (C=O) groups excluding carboxylic acids is 1. The molecular formula is C21H22ClFN4O5. The van der Waals surface area contributed by atoms with Gasteiger partial charge in [0.1, 0.15) is 11.4 Å². The molecule has 9 nitrogen and oxygen atoms in total. The van der Waals surface area contributed by atoms with Crippen LogP contribution in [0.3, 0.4) is 0 Å². The van der Waals surface area contributed by atoms with Gasteiger partial charge in [-0.1, -0.05) is 16.8 Å². The molecule has 0 spiro atoms. The Morgan fingerprint density at radius 1 is 1.31 bits per heavy atom. The number of alkyl carbamates (subject to hydrolysis) is 1. The number of nitrogens with one attached hydrogen (secondary N) is 1. The lowest BCUT2D eigenvalue weighted by molar-refractivity contribution is 0.0480. The highest BCUT2D eigenvalue weighted by molar-refractivity contribution is 6.30. The number of carbonyl (C=O) groups is 1. The summed E-state index contributed by atoms with van der Waals surface area (Å²) in [6.07, 6.45) is 0.747. The molecule has 0 aliphatic carbocycles. The van der Waals surface area contributed by atoms with Gasteiger partial charge in [-0.15, -0.1) is 0 Å². The second-order valence-electron chi connectivity index (χ2n) is 7.81. The highest BCUT2D eigenvalue weighted by Gasteiger charge is 2.21. The molecular weight excluding hydrogens is 443 g/mol. The first-order valence-electron chi connectivity index (χ1n) is 9.65. The Bertz CT molecular complexity index is 1070. The Balaban J connectivity index is 1.62. The molecule has 0 aliphatic rings. The summed E-state index contributed by atoms with van der Waals surface area (Å²) in [7, 11) is 0.